The van der Waals surface area contributed by atoms with Crippen LogP contribution in [-0.2, 0) is 4.79 Å². The van der Waals surface area contributed by atoms with Crippen LogP contribution in [0.4, 0.5) is 0 Å². The number of rotatable bonds is 1. The minimum atomic E-state index is -0.135. The molecule has 1 aliphatic heterocycles. The van der Waals surface area contributed by atoms with E-state index in [9.17, 15) is 9.90 Å². The van der Waals surface area contributed by atoms with Crippen LogP contribution < -0.4 is 0 Å². The van der Waals surface area contributed by atoms with Crippen LogP contribution in [0.3, 0.4) is 0 Å². The number of halogens is 1. The van der Waals surface area contributed by atoms with E-state index in [2.05, 4.69) is 15.9 Å². The van der Waals surface area contributed by atoms with Gasteiger partial charge >= 0.3 is 0 Å². The van der Waals surface area contributed by atoms with Gasteiger partial charge in [0.25, 0.3) is 0 Å². The Bertz CT molecular complexity index is 433. The van der Waals surface area contributed by atoms with E-state index in [4.69, 9.17) is 0 Å². The molecule has 1 aromatic carbocycles. The molecule has 1 unspecified atom stereocenters. The van der Waals surface area contributed by atoms with Crippen LogP contribution >= 0.6 is 15.9 Å². The zero-order chi connectivity index (χ0) is 12.4. The zero-order valence-electron chi connectivity index (χ0n) is 9.82. The highest BCUT2D eigenvalue weighted by Crippen LogP contribution is 2.34. The Balaban J connectivity index is 2.36. The summed E-state index contributed by atoms with van der Waals surface area (Å²) in [5, 5.41) is 9.54. The lowest BCUT2D eigenvalue weighted by Crippen LogP contribution is -2.30. The summed E-state index contributed by atoms with van der Waals surface area (Å²) in [6.07, 6.45) is 2.95. The number of hydrogen-bond donors (Lipinski definition) is 1. The largest absolute Gasteiger partial charge is 0.508 e. The normalized spacial score (nSPS) is 21.4. The smallest absolute Gasteiger partial charge is 0.229 e. The third kappa shape index (κ3) is 2.63. The molecule has 1 saturated heterocycles. The summed E-state index contributed by atoms with van der Waals surface area (Å²) in [5.41, 5.74) is 0.892. The number of hydrogen-bond acceptors (Lipinski definition) is 2. The van der Waals surface area contributed by atoms with Gasteiger partial charge in [-0.1, -0.05) is 22.4 Å². The number of amides is 1. The number of aromatic hydroxyl groups is 1. The Hall–Kier alpha value is -1.03. The van der Waals surface area contributed by atoms with Gasteiger partial charge in [0.05, 0.1) is 5.92 Å². The Morgan fingerprint density at radius 2 is 2.18 bits per heavy atom. The van der Waals surface area contributed by atoms with Gasteiger partial charge in [-0.15, -0.1) is 0 Å². The Kier molecular flexibility index (Phi) is 3.72. The van der Waals surface area contributed by atoms with E-state index in [1.807, 2.05) is 7.05 Å². The second-order valence-electron chi connectivity index (χ2n) is 4.51. The first-order valence-corrected chi connectivity index (χ1v) is 6.62. The number of likely N-dealkylation sites (N-methyl/N-ethyl adjacent to an activating group) is 1. The molecule has 1 heterocycles. The topological polar surface area (TPSA) is 40.5 Å². The first kappa shape index (κ1) is 12.4. The number of phenolic OH excluding ortho intramolecular Hbond substituents is 1. The standard InChI is InChI=1S/C13H16BrNO2/c1-15-7-3-2-4-10(13(15)17)11-8-9(16)5-6-12(11)14/h5-6,8,10,16H,2-4,7H2,1H3. The molecule has 17 heavy (non-hydrogen) atoms. The number of carbonyl (C=O) groups is 1. The number of nitrogens with zero attached hydrogens (tertiary/aromatic N) is 1. The first-order chi connectivity index (χ1) is 8.09. The molecule has 4 heteroatoms. The van der Waals surface area contributed by atoms with Crippen LogP contribution in [0, 0.1) is 0 Å². The average Bonchev–Trinajstić information content (AvgIpc) is 2.46. The lowest BCUT2D eigenvalue weighted by atomic mass is 9.93. The van der Waals surface area contributed by atoms with Crippen molar-refractivity contribution < 1.29 is 9.90 Å². The fraction of sp³-hybridized carbons (Fsp3) is 0.462. The van der Waals surface area contributed by atoms with Gasteiger partial charge in [-0.3, -0.25) is 4.79 Å². The van der Waals surface area contributed by atoms with Gasteiger partial charge in [-0.2, -0.15) is 0 Å². The molecular weight excluding hydrogens is 282 g/mol. The summed E-state index contributed by atoms with van der Waals surface area (Å²) < 4.78 is 0.893. The molecule has 0 radical (unpaired) electrons. The third-order valence-corrected chi connectivity index (χ3v) is 3.99. The SMILES string of the molecule is CN1CCCCC(c2cc(O)ccc2Br)C1=O. The summed E-state index contributed by atoms with van der Waals surface area (Å²) in [6, 6.07) is 5.10. The Morgan fingerprint density at radius 3 is 2.94 bits per heavy atom. The maximum atomic E-state index is 12.2. The summed E-state index contributed by atoms with van der Waals surface area (Å²) in [6.45, 7) is 0.825. The van der Waals surface area contributed by atoms with Crippen LogP contribution in [0.1, 0.15) is 30.7 Å². The van der Waals surface area contributed by atoms with Crippen molar-refractivity contribution in [1.29, 1.82) is 0 Å². The second kappa shape index (κ2) is 5.08. The molecule has 1 aliphatic rings. The van der Waals surface area contributed by atoms with Crippen LogP contribution in [0.15, 0.2) is 22.7 Å². The fourth-order valence-corrected chi connectivity index (χ4v) is 2.81. The van der Waals surface area contributed by atoms with Crippen molar-refractivity contribution >= 4 is 21.8 Å². The minimum Gasteiger partial charge on any atom is -0.508 e. The minimum absolute atomic E-state index is 0.135. The van der Waals surface area contributed by atoms with E-state index in [-0.39, 0.29) is 17.6 Å². The molecule has 1 N–H and O–H groups in total. The second-order valence-corrected chi connectivity index (χ2v) is 5.37. The van der Waals surface area contributed by atoms with Gasteiger partial charge in [0.15, 0.2) is 0 Å². The quantitative estimate of drug-likeness (QED) is 0.866. The number of phenols is 1. The maximum Gasteiger partial charge on any atom is 0.229 e. The summed E-state index contributed by atoms with van der Waals surface area (Å²) in [7, 11) is 1.84. The molecule has 2 rings (SSSR count). The number of benzene rings is 1. The fourth-order valence-electron chi connectivity index (χ4n) is 2.28. The highest BCUT2D eigenvalue weighted by atomic mass is 79.9. The lowest BCUT2D eigenvalue weighted by Gasteiger charge is -2.21. The molecule has 1 fully saturated rings. The predicted octanol–water partition coefficient (Wildman–Crippen LogP) is 2.88. The van der Waals surface area contributed by atoms with Gasteiger partial charge < -0.3 is 10.0 Å². The predicted molar refractivity (Wildman–Crippen MR) is 70.0 cm³/mol. The molecule has 1 amide bonds. The van der Waals surface area contributed by atoms with E-state index in [1.165, 1.54) is 0 Å². The molecule has 0 aliphatic carbocycles. The third-order valence-electron chi connectivity index (χ3n) is 3.27. The number of likely N-dealkylation sites (tertiary alicyclic amines) is 1. The molecule has 0 spiro atoms. The van der Waals surface area contributed by atoms with Gasteiger partial charge in [-0.05, 0) is 36.6 Å². The van der Waals surface area contributed by atoms with Crippen LogP contribution in [-0.4, -0.2) is 29.5 Å². The Morgan fingerprint density at radius 1 is 1.41 bits per heavy atom. The van der Waals surface area contributed by atoms with Crippen molar-refractivity contribution in [3.63, 3.8) is 0 Å². The molecule has 1 aromatic rings. The molecule has 3 nitrogen and oxygen atoms in total. The van der Waals surface area contributed by atoms with E-state index < -0.39 is 0 Å². The molecular formula is C13H16BrNO2. The van der Waals surface area contributed by atoms with Crippen LogP contribution in [0.2, 0.25) is 0 Å². The highest BCUT2D eigenvalue weighted by Gasteiger charge is 2.27. The average molecular weight is 298 g/mol. The van der Waals surface area contributed by atoms with E-state index in [0.717, 1.165) is 35.8 Å². The highest BCUT2D eigenvalue weighted by molar-refractivity contribution is 9.10. The molecule has 0 aromatic heterocycles. The van der Waals surface area contributed by atoms with Crippen molar-refractivity contribution in [3.05, 3.63) is 28.2 Å². The first-order valence-electron chi connectivity index (χ1n) is 5.83. The van der Waals surface area contributed by atoms with Crippen LogP contribution in [0.5, 0.6) is 5.75 Å². The van der Waals surface area contributed by atoms with Crippen LogP contribution in [0.25, 0.3) is 0 Å². The van der Waals surface area contributed by atoms with E-state index in [0.29, 0.717) is 0 Å². The van der Waals surface area contributed by atoms with Crippen molar-refractivity contribution in [1.82, 2.24) is 4.90 Å². The van der Waals surface area contributed by atoms with Gasteiger partial charge in [0.2, 0.25) is 5.91 Å². The van der Waals surface area contributed by atoms with Crippen molar-refractivity contribution in [2.45, 2.75) is 25.2 Å². The monoisotopic (exact) mass is 297 g/mol. The molecule has 1 atom stereocenters. The molecule has 92 valence electrons. The summed E-state index contributed by atoms with van der Waals surface area (Å²) in [4.78, 5) is 14.0. The van der Waals surface area contributed by atoms with Gasteiger partial charge in [0.1, 0.15) is 5.75 Å². The van der Waals surface area contributed by atoms with Crippen molar-refractivity contribution in [2.24, 2.45) is 0 Å². The van der Waals surface area contributed by atoms with Crippen molar-refractivity contribution in [2.75, 3.05) is 13.6 Å². The molecule has 0 saturated carbocycles. The summed E-state index contributed by atoms with van der Waals surface area (Å²) >= 11 is 3.46. The Labute approximate surface area is 110 Å². The van der Waals surface area contributed by atoms with E-state index in [1.54, 1.807) is 23.1 Å². The number of carbonyl (C=O) groups excluding carboxylic acids is 1. The molecule has 0 bridgehead atoms. The lowest BCUT2D eigenvalue weighted by molar-refractivity contribution is -0.131. The maximum absolute atomic E-state index is 12.2. The van der Waals surface area contributed by atoms with Gasteiger partial charge in [-0.25, -0.2) is 0 Å². The summed E-state index contributed by atoms with van der Waals surface area (Å²) in [5.74, 6) is 0.223. The zero-order valence-corrected chi connectivity index (χ0v) is 11.4. The van der Waals surface area contributed by atoms with Gasteiger partial charge in [0, 0.05) is 18.1 Å². The van der Waals surface area contributed by atoms with E-state index >= 15 is 0 Å². The van der Waals surface area contributed by atoms with Crippen molar-refractivity contribution in [3.8, 4) is 5.75 Å².